The number of methoxy groups -OCH3 is 1. The number of aldehydes is 1. The Hall–Kier alpha value is -4.14. The SMILES string of the molecule is COc1ccc(C(=O)N[C@@H]2CCCN(c3cncc(Nc4ccc(N(C)CC=O)cc4)n3)C2)cc1. The first-order valence-corrected chi connectivity index (χ1v) is 11.6. The molecule has 2 N–H and O–H groups in total. The Kier molecular flexibility index (Phi) is 7.77. The van der Waals surface area contributed by atoms with Gasteiger partial charge in [-0.15, -0.1) is 0 Å². The summed E-state index contributed by atoms with van der Waals surface area (Å²) >= 11 is 0. The van der Waals surface area contributed by atoms with E-state index in [1.165, 1.54) is 0 Å². The van der Waals surface area contributed by atoms with E-state index in [2.05, 4.69) is 20.5 Å². The average molecular weight is 475 g/mol. The number of hydrogen-bond donors (Lipinski definition) is 2. The van der Waals surface area contributed by atoms with Crippen LogP contribution in [0.2, 0.25) is 0 Å². The lowest BCUT2D eigenvalue weighted by Gasteiger charge is -2.34. The molecule has 1 aliphatic rings. The smallest absolute Gasteiger partial charge is 0.251 e. The quantitative estimate of drug-likeness (QED) is 0.456. The molecule has 1 aromatic heterocycles. The Morgan fingerprint density at radius 2 is 1.94 bits per heavy atom. The van der Waals surface area contributed by atoms with E-state index in [1.54, 1.807) is 43.8 Å². The van der Waals surface area contributed by atoms with Gasteiger partial charge in [0.15, 0.2) is 5.82 Å². The molecule has 1 atom stereocenters. The molecule has 2 heterocycles. The second-order valence-corrected chi connectivity index (χ2v) is 8.47. The van der Waals surface area contributed by atoms with Crippen molar-refractivity contribution in [1.29, 1.82) is 0 Å². The van der Waals surface area contributed by atoms with Gasteiger partial charge >= 0.3 is 0 Å². The van der Waals surface area contributed by atoms with Crippen LogP contribution in [0.15, 0.2) is 60.9 Å². The number of amides is 1. The predicted molar refractivity (Wildman–Crippen MR) is 137 cm³/mol. The highest BCUT2D eigenvalue weighted by molar-refractivity contribution is 5.94. The number of nitrogens with one attached hydrogen (secondary N) is 2. The first-order valence-electron chi connectivity index (χ1n) is 11.6. The number of piperidine rings is 1. The minimum Gasteiger partial charge on any atom is -0.497 e. The lowest BCUT2D eigenvalue weighted by molar-refractivity contribution is -0.106. The summed E-state index contributed by atoms with van der Waals surface area (Å²) in [6.45, 7) is 1.86. The van der Waals surface area contributed by atoms with E-state index in [4.69, 9.17) is 9.72 Å². The maximum Gasteiger partial charge on any atom is 0.251 e. The third-order valence-electron chi connectivity index (χ3n) is 5.98. The monoisotopic (exact) mass is 474 g/mol. The number of carbonyl (C=O) groups excluding carboxylic acids is 2. The van der Waals surface area contributed by atoms with E-state index < -0.39 is 0 Å². The molecule has 0 saturated carbocycles. The first kappa shape index (κ1) is 24.0. The van der Waals surface area contributed by atoms with Crippen molar-refractivity contribution in [3.05, 3.63) is 66.5 Å². The number of ether oxygens (including phenoxy) is 1. The van der Waals surface area contributed by atoms with Gasteiger partial charge in [-0.25, -0.2) is 4.98 Å². The molecule has 0 unspecified atom stereocenters. The number of nitrogens with zero attached hydrogens (tertiary/aromatic N) is 4. The molecule has 1 aliphatic heterocycles. The van der Waals surface area contributed by atoms with Gasteiger partial charge in [0, 0.05) is 43.1 Å². The molecule has 3 aromatic rings. The number of aromatic nitrogens is 2. The van der Waals surface area contributed by atoms with Crippen LogP contribution in [-0.2, 0) is 4.79 Å². The Morgan fingerprint density at radius 1 is 1.17 bits per heavy atom. The lowest BCUT2D eigenvalue weighted by atomic mass is 10.0. The average Bonchev–Trinajstić information content (AvgIpc) is 2.89. The zero-order chi connectivity index (χ0) is 24.6. The van der Waals surface area contributed by atoms with E-state index in [-0.39, 0.29) is 11.9 Å². The summed E-state index contributed by atoms with van der Waals surface area (Å²) < 4.78 is 5.16. The van der Waals surface area contributed by atoms with E-state index >= 15 is 0 Å². The molecule has 1 amide bonds. The van der Waals surface area contributed by atoms with Crippen molar-refractivity contribution in [2.45, 2.75) is 18.9 Å². The predicted octanol–water partition coefficient (Wildman–Crippen LogP) is 3.26. The topological polar surface area (TPSA) is 99.7 Å². The van der Waals surface area contributed by atoms with Gasteiger partial charge in [-0.2, -0.15) is 0 Å². The first-order chi connectivity index (χ1) is 17.1. The van der Waals surface area contributed by atoms with Crippen LogP contribution in [0.1, 0.15) is 23.2 Å². The molecule has 9 nitrogen and oxygen atoms in total. The molecule has 1 saturated heterocycles. The molecule has 9 heteroatoms. The third kappa shape index (κ3) is 6.26. The van der Waals surface area contributed by atoms with Crippen molar-refractivity contribution in [3.63, 3.8) is 0 Å². The van der Waals surface area contributed by atoms with Crippen LogP contribution >= 0.6 is 0 Å². The summed E-state index contributed by atoms with van der Waals surface area (Å²) in [5, 5.41) is 6.43. The van der Waals surface area contributed by atoms with Gasteiger partial charge in [0.25, 0.3) is 5.91 Å². The molecule has 0 radical (unpaired) electrons. The van der Waals surface area contributed by atoms with Crippen LogP contribution in [0.25, 0.3) is 0 Å². The fourth-order valence-corrected chi connectivity index (χ4v) is 4.05. The summed E-state index contributed by atoms with van der Waals surface area (Å²) in [5.74, 6) is 2.03. The molecule has 1 fully saturated rings. The largest absolute Gasteiger partial charge is 0.497 e. The van der Waals surface area contributed by atoms with Crippen molar-refractivity contribution in [2.75, 3.05) is 48.9 Å². The van der Waals surface area contributed by atoms with Gasteiger partial charge in [-0.05, 0) is 61.4 Å². The summed E-state index contributed by atoms with van der Waals surface area (Å²) in [6.07, 6.45) is 6.17. The number of hydrogen-bond acceptors (Lipinski definition) is 8. The molecule has 182 valence electrons. The minimum atomic E-state index is -0.0942. The highest BCUT2D eigenvalue weighted by Gasteiger charge is 2.23. The van der Waals surface area contributed by atoms with Crippen molar-refractivity contribution in [3.8, 4) is 5.75 Å². The number of benzene rings is 2. The lowest BCUT2D eigenvalue weighted by Crippen LogP contribution is -2.48. The molecule has 2 aromatic carbocycles. The maximum atomic E-state index is 12.7. The van der Waals surface area contributed by atoms with Crippen molar-refractivity contribution >= 4 is 35.2 Å². The van der Waals surface area contributed by atoms with E-state index in [9.17, 15) is 9.59 Å². The normalized spacial score (nSPS) is 15.3. The van der Waals surface area contributed by atoms with Crippen LogP contribution < -0.4 is 25.2 Å². The van der Waals surface area contributed by atoms with E-state index in [0.717, 1.165) is 48.6 Å². The molecule has 0 spiro atoms. The van der Waals surface area contributed by atoms with Crippen LogP contribution in [-0.4, -0.2) is 62.0 Å². The molecule has 35 heavy (non-hydrogen) atoms. The van der Waals surface area contributed by atoms with Gasteiger partial charge in [0.2, 0.25) is 0 Å². The van der Waals surface area contributed by atoms with Crippen molar-refractivity contribution in [2.24, 2.45) is 0 Å². The Bertz CT molecular complexity index is 1140. The Balaban J connectivity index is 1.37. The van der Waals surface area contributed by atoms with Crippen LogP contribution in [0.4, 0.5) is 23.0 Å². The van der Waals surface area contributed by atoms with E-state index in [1.807, 2.05) is 36.2 Å². The van der Waals surface area contributed by atoms with Gasteiger partial charge < -0.3 is 30.0 Å². The molecular formula is C26H30N6O3. The second-order valence-electron chi connectivity index (χ2n) is 8.47. The van der Waals surface area contributed by atoms with Crippen molar-refractivity contribution in [1.82, 2.24) is 15.3 Å². The number of likely N-dealkylation sites (N-methyl/N-ethyl adjacent to an activating group) is 1. The summed E-state index contributed by atoms with van der Waals surface area (Å²) in [7, 11) is 3.47. The fourth-order valence-electron chi connectivity index (χ4n) is 4.05. The van der Waals surface area contributed by atoms with Crippen LogP contribution in [0.3, 0.4) is 0 Å². The van der Waals surface area contributed by atoms with Gasteiger partial charge in [0.05, 0.1) is 26.0 Å². The van der Waals surface area contributed by atoms with Gasteiger partial charge in [-0.3, -0.25) is 9.78 Å². The standard InChI is InChI=1S/C26H30N6O3/c1-31(14-15-33)22-9-7-20(8-10-22)28-24-16-27-17-25(30-24)32-13-3-4-21(18-32)29-26(34)19-5-11-23(35-2)12-6-19/h5-12,15-17,21H,3-4,13-14,18H2,1-2H3,(H,28,30)(H,29,34)/t21-/m1/s1. The Labute approximate surface area is 205 Å². The zero-order valence-electron chi connectivity index (χ0n) is 20.0. The highest BCUT2D eigenvalue weighted by atomic mass is 16.5. The number of anilines is 4. The number of rotatable bonds is 9. The molecule has 4 rings (SSSR count). The Morgan fingerprint density at radius 3 is 2.66 bits per heavy atom. The molecule has 0 aliphatic carbocycles. The highest BCUT2D eigenvalue weighted by Crippen LogP contribution is 2.23. The van der Waals surface area contributed by atoms with Gasteiger partial charge in [0.1, 0.15) is 17.9 Å². The van der Waals surface area contributed by atoms with E-state index in [0.29, 0.717) is 24.5 Å². The van der Waals surface area contributed by atoms with Crippen molar-refractivity contribution < 1.29 is 14.3 Å². The third-order valence-corrected chi connectivity index (χ3v) is 5.98. The minimum absolute atomic E-state index is 0.0210. The second kappa shape index (κ2) is 11.3. The fraction of sp³-hybridized carbons (Fsp3) is 0.308. The van der Waals surface area contributed by atoms with Crippen LogP contribution in [0, 0.1) is 0 Å². The van der Waals surface area contributed by atoms with Crippen LogP contribution in [0.5, 0.6) is 5.75 Å². The zero-order valence-corrected chi connectivity index (χ0v) is 20.0. The molecule has 0 bridgehead atoms. The summed E-state index contributed by atoms with van der Waals surface area (Å²) in [4.78, 5) is 36.5. The number of carbonyl (C=O) groups is 2. The van der Waals surface area contributed by atoms with Gasteiger partial charge in [-0.1, -0.05) is 0 Å². The molecular weight excluding hydrogens is 444 g/mol. The summed E-state index contributed by atoms with van der Waals surface area (Å²) in [5.41, 5.74) is 2.44. The summed E-state index contributed by atoms with van der Waals surface area (Å²) in [6, 6.07) is 14.9. The maximum absolute atomic E-state index is 12.7.